The van der Waals surface area contributed by atoms with Gasteiger partial charge in [-0.15, -0.1) is 0 Å². The summed E-state index contributed by atoms with van der Waals surface area (Å²) in [6.45, 7) is 0. The molecular formula is C23H19FN4O6S. The predicted molar refractivity (Wildman–Crippen MR) is 125 cm³/mol. The van der Waals surface area contributed by atoms with Crippen molar-refractivity contribution in [2.45, 2.75) is 4.90 Å². The molecule has 0 atom stereocenters. The SMILES string of the molecule is COc1ccc(-c2nc(-c3ccc(N(O)C(N)=O)cc3)oc2-c2ccccc2S(N)(=O)=O)cc1F. The first-order valence-electron chi connectivity index (χ1n) is 9.96. The molecule has 3 aromatic carbocycles. The number of nitrogens with two attached hydrogens (primary N) is 2. The second kappa shape index (κ2) is 9.18. The van der Waals surface area contributed by atoms with Gasteiger partial charge in [0.2, 0.25) is 15.9 Å². The lowest BCUT2D eigenvalue weighted by Crippen LogP contribution is -2.32. The van der Waals surface area contributed by atoms with Crippen LogP contribution in [-0.4, -0.2) is 31.7 Å². The number of amides is 2. The molecule has 0 spiro atoms. The second-order valence-electron chi connectivity index (χ2n) is 7.28. The van der Waals surface area contributed by atoms with Crippen LogP contribution < -0.4 is 20.7 Å². The largest absolute Gasteiger partial charge is 0.494 e. The molecule has 0 radical (unpaired) electrons. The highest BCUT2D eigenvalue weighted by Gasteiger charge is 2.24. The monoisotopic (exact) mass is 498 g/mol. The van der Waals surface area contributed by atoms with Crippen molar-refractivity contribution in [2.24, 2.45) is 10.9 Å². The fourth-order valence-corrected chi connectivity index (χ4v) is 4.15. The Hall–Kier alpha value is -4.26. The number of hydroxylamine groups is 1. The number of ether oxygens (including phenoxy) is 1. The second-order valence-corrected chi connectivity index (χ2v) is 8.81. The molecule has 12 heteroatoms. The lowest BCUT2D eigenvalue weighted by Gasteiger charge is -2.11. The van der Waals surface area contributed by atoms with Gasteiger partial charge in [0.05, 0.1) is 17.7 Å². The number of urea groups is 1. The van der Waals surface area contributed by atoms with Gasteiger partial charge in [-0.2, -0.15) is 5.06 Å². The number of aromatic nitrogens is 1. The molecule has 0 saturated heterocycles. The summed E-state index contributed by atoms with van der Waals surface area (Å²) in [6.07, 6.45) is 0. The minimum atomic E-state index is -4.14. The van der Waals surface area contributed by atoms with E-state index in [0.717, 1.165) is 0 Å². The van der Waals surface area contributed by atoms with E-state index < -0.39 is 21.9 Å². The number of hydrogen-bond donors (Lipinski definition) is 3. The van der Waals surface area contributed by atoms with E-state index in [2.05, 4.69) is 4.98 Å². The smallest absolute Gasteiger partial charge is 0.343 e. The summed E-state index contributed by atoms with van der Waals surface area (Å²) in [4.78, 5) is 15.4. The number of sulfonamides is 1. The van der Waals surface area contributed by atoms with Crippen molar-refractivity contribution in [1.82, 2.24) is 4.98 Å². The Balaban J connectivity index is 1.91. The van der Waals surface area contributed by atoms with E-state index in [4.69, 9.17) is 20.0 Å². The average Bonchev–Trinajstić information content (AvgIpc) is 3.28. The van der Waals surface area contributed by atoms with Crippen LogP contribution >= 0.6 is 0 Å². The van der Waals surface area contributed by atoms with Crippen molar-refractivity contribution in [3.8, 4) is 39.8 Å². The summed E-state index contributed by atoms with van der Waals surface area (Å²) in [7, 11) is -2.81. The minimum absolute atomic E-state index is 0.0163. The van der Waals surface area contributed by atoms with Gasteiger partial charge < -0.3 is 14.9 Å². The molecule has 2 amide bonds. The molecule has 35 heavy (non-hydrogen) atoms. The van der Waals surface area contributed by atoms with Crippen molar-refractivity contribution in [1.29, 1.82) is 0 Å². The third-order valence-corrected chi connectivity index (χ3v) is 6.03. The number of rotatable bonds is 6. The first-order valence-corrected chi connectivity index (χ1v) is 11.5. The molecule has 1 aromatic heterocycles. The zero-order valence-corrected chi connectivity index (χ0v) is 19.0. The highest BCUT2D eigenvalue weighted by Crippen LogP contribution is 2.39. The summed E-state index contributed by atoms with van der Waals surface area (Å²) < 4.78 is 49.9. The molecule has 10 nitrogen and oxygen atoms in total. The molecule has 0 aliphatic rings. The van der Waals surface area contributed by atoms with Gasteiger partial charge >= 0.3 is 6.03 Å². The normalized spacial score (nSPS) is 11.3. The van der Waals surface area contributed by atoms with E-state index >= 15 is 0 Å². The fraction of sp³-hybridized carbons (Fsp3) is 0.0435. The van der Waals surface area contributed by atoms with Crippen LogP contribution in [0.3, 0.4) is 0 Å². The molecule has 0 aliphatic heterocycles. The van der Waals surface area contributed by atoms with Gasteiger partial charge in [0.15, 0.2) is 17.3 Å². The van der Waals surface area contributed by atoms with Crippen LogP contribution in [0.15, 0.2) is 76.0 Å². The third kappa shape index (κ3) is 4.71. The number of hydrogen-bond acceptors (Lipinski definition) is 7. The van der Waals surface area contributed by atoms with E-state index in [-0.39, 0.29) is 44.3 Å². The van der Waals surface area contributed by atoms with E-state index in [0.29, 0.717) is 11.1 Å². The number of primary amides is 1. The van der Waals surface area contributed by atoms with Crippen LogP contribution in [0.25, 0.3) is 34.0 Å². The van der Waals surface area contributed by atoms with Gasteiger partial charge in [-0.1, -0.05) is 12.1 Å². The van der Waals surface area contributed by atoms with E-state index in [1.165, 1.54) is 61.7 Å². The minimum Gasteiger partial charge on any atom is -0.494 e. The molecule has 0 fully saturated rings. The zero-order valence-electron chi connectivity index (χ0n) is 18.2. The van der Waals surface area contributed by atoms with E-state index in [1.54, 1.807) is 12.1 Å². The number of benzene rings is 3. The van der Waals surface area contributed by atoms with Gasteiger partial charge in [0, 0.05) is 16.7 Å². The lowest BCUT2D eigenvalue weighted by atomic mass is 10.1. The Morgan fingerprint density at radius 3 is 2.34 bits per heavy atom. The number of carbonyl (C=O) groups excluding carboxylic acids is 1. The Morgan fingerprint density at radius 1 is 1.09 bits per heavy atom. The number of halogens is 1. The number of carbonyl (C=O) groups is 1. The molecule has 180 valence electrons. The van der Waals surface area contributed by atoms with Crippen molar-refractivity contribution in [3.63, 3.8) is 0 Å². The molecule has 0 saturated carbocycles. The Kier molecular flexibility index (Phi) is 6.26. The maximum absolute atomic E-state index is 14.5. The van der Waals surface area contributed by atoms with Crippen LogP contribution in [-0.2, 0) is 10.0 Å². The quantitative estimate of drug-likeness (QED) is 0.269. The fourth-order valence-electron chi connectivity index (χ4n) is 3.41. The summed E-state index contributed by atoms with van der Waals surface area (Å²) in [6, 6.07) is 14.8. The van der Waals surface area contributed by atoms with Crippen LogP contribution in [0.4, 0.5) is 14.9 Å². The number of anilines is 1. The molecule has 0 unspecified atom stereocenters. The highest BCUT2D eigenvalue weighted by atomic mass is 32.2. The predicted octanol–water partition coefficient (Wildman–Crippen LogP) is 3.75. The summed E-state index contributed by atoms with van der Waals surface area (Å²) in [5, 5.41) is 15.3. The topological polar surface area (TPSA) is 162 Å². The summed E-state index contributed by atoms with van der Waals surface area (Å²) in [5.74, 6) is -0.536. The van der Waals surface area contributed by atoms with Gasteiger partial charge in [0.1, 0.15) is 5.69 Å². The zero-order chi connectivity index (χ0) is 25.3. The number of oxazole rings is 1. The van der Waals surface area contributed by atoms with Crippen molar-refractivity contribution in [3.05, 3.63) is 72.5 Å². The summed E-state index contributed by atoms with van der Waals surface area (Å²) in [5.41, 5.74) is 6.16. The first-order chi connectivity index (χ1) is 16.6. The van der Waals surface area contributed by atoms with Crippen LogP contribution in [0.5, 0.6) is 5.75 Å². The maximum atomic E-state index is 14.5. The highest BCUT2D eigenvalue weighted by molar-refractivity contribution is 7.89. The molecular weight excluding hydrogens is 479 g/mol. The van der Waals surface area contributed by atoms with Crippen LogP contribution in [0, 0.1) is 5.82 Å². The number of primary sulfonamides is 1. The van der Waals surface area contributed by atoms with Gasteiger partial charge in [-0.25, -0.2) is 27.7 Å². The van der Waals surface area contributed by atoms with Gasteiger partial charge in [0.25, 0.3) is 0 Å². The first kappa shape index (κ1) is 23.9. The molecule has 1 heterocycles. The maximum Gasteiger partial charge on any atom is 0.343 e. The molecule has 0 bridgehead atoms. The summed E-state index contributed by atoms with van der Waals surface area (Å²) >= 11 is 0. The van der Waals surface area contributed by atoms with Crippen LogP contribution in [0.1, 0.15) is 0 Å². The molecule has 5 N–H and O–H groups in total. The van der Waals surface area contributed by atoms with Crippen molar-refractivity contribution in [2.75, 3.05) is 12.2 Å². The molecule has 4 rings (SSSR count). The average molecular weight is 498 g/mol. The third-order valence-electron chi connectivity index (χ3n) is 5.06. The number of methoxy groups -OCH3 is 1. The van der Waals surface area contributed by atoms with Crippen LogP contribution in [0.2, 0.25) is 0 Å². The standard InChI is InChI=1S/C23H19FN4O6S/c1-33-18-11-8-14(12-17(18)24)20-21(16-4-2-3-5-19(16)35(26,31)32)34-22(27-20)13-6-9-15(10-7-13)28(30)23(25)29/h2-12,30H,1H3,(H2,25,29)(H2,26,31,32). The Bertz CT molecular complexity index is 1520. The Labute approximate surface area is 199 Å². The van der Waals surface area contributed by atoms with Crippen molar-refractivity contribution < 1.29 is 32.0 Å². The lowest BCUT2D eigenvalue weighted by molar-refractivity contribution is 0.212. The molecule has 0 aliphatic carbocycles. The van der Waals surface area contributed by atoms with Gasteiger partial charge in [-0.3, -0.25) is 5.21 Å². The van der Waals surface area contributed by atoms with Gasteiger partial charge in [-0.05, 0) is 54.6 Å². The van der Waals surface area contributed by atoms with Crippen molar-refractivity contribution >= 4 is 21.7 Å². The van der Waals surface area contributed by atoms with E-state index in [9.17, 15) is 22.8 Å². The Morgan fingerprint density at radius 2 is 1.74 bits per heavy atom. The van der Waals surface area contributed by atoms with E-state index in [1.807, 2.05) is 0 Å². The molecule has 4 aromatic rings. The number of nitrogens with zero attached hydrogens (tertiary/aromatic N) is 2.